The fraction of sp³-hybridized carbons (Fsp3) is 0.200. The predicted molar refractivity (Wildman–Crippen MR) is 61.9 cm³/mol. The third kappa shape index (κ3) is 2.62. The van der Waals surface area contributed by atoms with E-state index in [1.807, 2.05) is 0 Å². The standard InChI is InChI=1S/C5H2N12O6/c6-14-10-3-1(12-22-16(3)20)8-9-2-4(11-15-7)17(21,5(18)19)23-13-2/h4H,(H,18,19). The molecule has 1 aliphatic heterocycles. The van der Waals surface area contributed by atoms with Gasteiger partial charge in [0.05, 0.1) is 0 Å². The van der Waals surface area contributed by atoms with Crippen molar-refractivity contribution in [3.63, 3.8) is 0 Å². The Kier molecular flexibility index (Phi) is 3.88. The van der Waals surface area contributed by atoms with E-state index in [0.29, 0.717) is 0 Å². The van der Waals surface area contributed by atoms with Crippen LogP contribution in [0.25, 0.3) is 20.9 Å². The van der Waals surface area contributed by atoms with E-state index in [4.69, 9.17) is 16.2 Å². The monoisotopic (exact) mass is 326 g/mol. The van der Waals surface area contributed by atoms with Gasteiger partial charge >= 0.3 is 22.8 Å². The Morgan fingerprint density at radius 1 is 1.43 bits per heavy atom. The molecule has 2 unspecified atom stereocenters. The lowest BCUT2D eigenvalue weighted by Gasteiger charge is -2.27. The van der Waals surface area contributed by atoms with Crippen LogP contribution in [0.15, 0.2) is 30.2 Å². The summed E-state index contributed by atoms with van der Waals surface area (Å²) in [6.45, 7) is 0. The molecule has 0 spiro atoms. The molecule has 0 bridgehead atoms. The minimum absolute atomic E-state index is 0.281. The zero-order chi connectivity index (χ0) is 17.0. The summed E-state index contributed by atoms with van der Waals surface area (Å²) in [7, 11) is 0. The van der Waals surface area contributed by atoms with Gasteiger partial charge in [-0.2, -0.15) is 9.73 Å². The van der Waals surface area contributed by atoms with Gasteiger partial charge in [-0.05, 0) is 20.4 Å². The van der Waals surface area contributed by atoms with Crippen LogP contribution in [0.3, 0.4) is 0 Å². The number of aromatic nitrogens is 2. The first-order chi connectivity index (χ1) is 10.9. The number of azide groups is 2. The average molecular weight is 326 g/mol. The molecule has 0 radical (unpaired) electrons. The number of quaternary nitrogens is 1. The Labute approximate surface area is 122 Å². The Hall–Kier alpha value is -3.98. The molecule has 1 N–H and O–H groups in total. The normalized spacial score (nSPS) is 22.8. The third-order valence-corrected chi connectivity index (χ3v) is 2.20. The van der Waals surface area contributed by atoms with Crippen molar-refractivity contribution in [2.45, 2.75) is 6.17 Å². The molecule has 2 atom stereocenters. The van der Waals surface area contributed by atoms with Crippen LogP contribution < -0.4 is 4.90 Å². The van der Waals surface area contributed by atoms with Crippen molar-refractivity contribution in [3.05, 3.63) is 31.3 Å². The van der Waals surface area contributed by atoms with E-state index in [-0.39, 0.29) is 4.90 Å². The molecule has 1 amide bonds. The van der Waals surface area contributed by atoms with Crippen LogP contribution in [-0.2, 0) is 4.94 Å². The largest absolute Gasteiger partial charge is 0.576 e. The minimum Gasteiger partial charge on any atom is -0.576 e. The van der Waals surface area contributed by atoms with E-state index in [0.717, 1.165) is 0 Å². The molecule has 1 aliphatic rings. The summed E-state index contributed by atoms with van der Waals surface area (Å²) in [5.41, 5.74) is 16.6. The molecule has 2 heterocycles. The molecule has 18 heteroatoms. The summed E-state index contributed by atoms with van der Waals surface area (Å²) >= 11 is 0. The van der Waals surface area contributed by atoms with E-state index < -0.39 is 34.5 Å². The highest BCUT2D eigenvalue weighted by molar-refractivity contribution is 5.88. The average Bonchev–Trinajstić information content (AvgIpc) is 3.02. The topological polar surface area (TPSA) is 257 Å². The summed E-state index contributed by atoms with van der Waals surface area (Å²) in [5.74, 6) is -2.05. The van der Waals surface area contributed by atoms with Crippen LogP contribution in [0, 0.1) is 10.4 Å². The number of azo groups is 1. The fourth-order valence-corrected chi connectivity index (χ4v) is 1.25. The summed E-state index contributed by atoms with van der Waals surface area (Å²) in [6.07, 6.45) is -4.11. The second-order valence-corrected chi connectivity index (χ2v) is 3.46. The Morgan fingerprint density at radius 2 is 2.17 bits per heavy atom. The Balaban J connectivity index is 2.35. The van der Waals surface area contributed by atoms with Crippen molar-refractivity contribution in [1.82, 2.24) is 5.16 Å². The van der Waals surface area contributed by atoms with Gasteiger partial charge in [-0.3, -0.25) is 0 Å². The lowest BCUT2D eigenvalue weighted by atomic mass is 10.4. The van der Waals surface area contributed by atoms with Crippen LogP contribution in [0.5, 0.6) is 0 Å². The van der Waals surface area contributed by atoms with Crippen molar-refractivity contribution in [2.24, 2.45) is 25.6 Å². The molecular formula is C5H2N12O6. The number of amidine groups is 1. The second-order valence-electron chi connectivity index (χ2n) is 3.46. The molecule has 1 aromatic heterocycles. The van der Waals surface area contributed by atoms with E-state index in [2.05, 4.69) is 50.2 Å². The zero-order valence-corrected chi connectivity index (χ0v) is 10.4. The number of amides is 1. The smallest absolute Gasteiger partial charge is 0.560 e. The lowest BCUT2D eigenvalue weighted by molar-refractivity contribution is -1.01. The molecule has 1 aromatic rings. The molecule has 0 aliphatic carbocycles. The van der Waals surface area contributed by atoms with Gasteiger partial charge in [0.2, 0.25) is 0 Å². The number of carbonyl (C=O) groups is 1. The van der Waals surface area contributed by atoms with Crippen LogP contribution >= 0.6 is 0 Å². The van der Waals surface area contributed by atoms with E-state index in [1.165, 1.54) is 0 Å². The second kappa shape index (κ2) is 5.79. The highest BCUT2D eigenvalue weighted by atomic mass is 17.0. The van der Waals surface area contributed by atoms with Gasteiger partial charge in [-0.15, -0.1) is 10.2 Å². The highest BCUT2D eigenvalue weighted by Crippen LogP contribution is 2.27. The van der Waals surface area contributed by atoms with Crippen molar-refractivity contribution in [3.8, 4) is 0 Å². The molecule has 0 aromatic carbocycles. The maximum Gasteiger partial charge on any atom is 0.560 e. The number of hydrogen-bond donors (Lipinski definition) is 1. The van der Waals surface area contributed by atoms with E-state index >= 15 is 0 Å². The van der Waals surface area contributed by atoms with Gasteiger partial charge in [-0.25, -0.2) is 0 Å². The predicted octanol–water partition coefficient (Wildman–Crippen LogP) is 1.22. The Bertz CT molecular complexity index is 799. The van der Waals surface area contributed by atoms with Gasteiger partial charge in [0.25, 0.3) is 12.0 Å². The fourth-order valence-electron chi connectivity index (χ4n) is 1.25. The van der Waals surface area contributed by atoms with Gasteiger partial charge < -0.3 is 20.2 Å². The van der Waals surface area contributed by atoms with E-state index in [9.17, 15) is 15.2 Å². The summed E-state index contributed by atoms with van der Waals surface area (Å²) in [4.78, 5) is 16.8. The first-order valence-electron chi connectivity index (χ1n) is 5.14. The van der Waals surface area contributed by atoms with Crippen molar-refractivity contribution >= 4 is 23.6 Å². The number of carboxylic acid groups (broad SMARTS) is 1. The Morgan fingerprint density at radius 3 is 2.78 bits per heavy atom. The molecule has 0 fully saturated rings. The maximum atomic E-state index is 11.8. The van der Waals surface area contributed by atoms with Crippen molar-refractivity contribution in [1.29, 1.82) is 0 Å². The molecule has 118 valence electrons. The molecule has 0 saturated carbocycles. The highest BCUT2D eigenvalue weighted by Gasteiger charge is 2.50. The summed E-state index contributed by atoms with van der Waals surface area (Å²) in [5, 5.41) is 50.1. The lowest BCUT2D eigenvalue weighted by Crippen LogP contribution is -2.51. The van der Waals surface area contributed by atoms with Crippen molar-refractivity contribution in [2.75, 3.05) is 0 Å². The molecule has 2 rings (SSSR count). The molecular weight excluding hydrogens is 324 g/mol. The first-order valence-corrected chi connectivity index (χ1v) is 5.14. The van der Waals surface area contributed by atoms with Crippen LogP contribution in [-0.4, -0.2) is 33.2 Å². The number of rotatable bonds is 3. The van der Waals surface area contributed by atoms with Crippen LogP contribution in [0.1, 0.15) is 0 Å². The van der Waals surface area contributed by atoms with Gasteiger partial charge in [-0.1, -0.05) is 0 Å². The zero-order valence-electron chi connectivity index (χ0n) is 10.4. The van der Waals surface area contributed by atoms with Gasteiger partial charge in [0.1, 0.15) is 0 Å². The number of oxime groups is 1. The summed E-state index contributed by atoms with van der Waals surface area (Å²) in [6, 6.07) is 0. The van der Waals surface area contributed by atoms with Crippen LogP contribution in [0.4, 0.5) is 16.4 Å². The number of hydrogen-bond acceptors (Lipinski definition) is 11. The molecule has 0 saturated heterocycles. The summed E-state index contributed by atoms with van der Waals surface area (Å²) < 4.78 is 4.10. The molecule has 23 heavy (non-hydrogen) atoms. The molecule has 18 nitrogen and oxygen atoms in total. The maximum absolute atomic E-state index is 11.8. The van der Waals surface area contributed by atoms with Crippen LogP contribution in [0.2, 0.25) is 0 Å². The quantitative estimate of drug-likeness (QED) is 0.278. The van der Waals surface area contributed by atoms with Gasteiger partial charge in [0, 0.05) is 20.8 Å². The number of nitrogens with zero attached hydrogens (tertiary/aromatic N) is 12. The number of hydroxylamine groups is 4. The van der Waals surface area contributed by atoms with Crippen molar-refractivity contribution < 1.29 is 29.2 Å². The third-order valence-electron chi connectivity index (χ3n) is 2.20. The van der Waals surface area contributed by atoms with E-state index in [1.54, 1.807) is 0 Å². The van der Waals surface area contributed by atoms with Gasteiger partial charge in [0.15, 0.2) is 4.91 Å². The minimum atomic E-state index is -2.50. The first kappa shape index (κ1) is 15.4. The SMILES string of the molecule is [N-]=[N+]=Nc1c(N=NC2=NO[N+]([O-])(C(=O)O)C2N=[N+]=[N-])no[n+]1[O-].